The van der Waals surface area contributed by atoms with Gasteiger partial charge in [0, 0.05) is 12.0 Å². The summed E-state index contributed by atoms with van der Waals surface area (Å²) in [6, 6.07) is 6.86. The van der Waals surface area contributed by atoms with Crippen molar-refractivity contribution in [1.82, 2.24) is 9.97 Å². The van der Waals surface area contributed by atoms with Gasteiger partial charge in [0.15, 0.2) is 0 Å². The van der Waals surface area contributed by atoms with E-state index in [9.17, 15) is 4.39 Å². The van der Waals surface area contributed by atoms with Gasteiger partial charge in [0.25, 0.3) is 0 Å². The van der Waals surface area contributed by atoms with Crippen LogP contribution in [-0.2, 0) is 6.42 Å². The second-order valence-electron chi connectivity index (χ2n) is 3.93. The second-order valence-corrected chi connectivity index (χ2v) is 5.20. The van der Waals surface area contributed by atoms with Crippen LogP contribution < -0.4 is 0 Å². The molecule has 0 aliphatic heterocycles. The van der Waals surface area contributed by atoms with Gasteiger partial charge in [0.1, 0.15) is 16.3 Å². The standard InChI is InChI=1S/C13H12BrFN2S/c1-2-4-11-16-10(7-12(18)17-11)8-5-3-6-9(14)13(8)15/h3,5-7H,2,4H2,1H3,(H,16,17,18). The number of hydrogen-bond donors (Lipinski definition) is 1. The first-order valence-electron chi connectivity index (χ1n) is 5.66. The summed E-state index contributed by atoms with van der Waals surface area (Å²) in [6.07, 6.45) is 1.76. The average Bonchev–Trinajstić information content (AvgIpc) is 2.32. The van der Waals surface area contributed by atoms with Crippen LogP contribution in [0.4, 0.5) is 4.39 Å². The molecule has 0 unspecified atom stereocenters. The third-order valence-corrected chi connectivity index (χ3v) is 3.34. The number of aryl methyl sites for hydroxylation is 1. The molecule has 0 saturated carbocycles. The molecule has 1 aromatic heterocycles. The number of aromatic nitrogens is 2. The largest absolute Gasteiger partial charge is 0.343 e. The summed E-state index contributed by atoms with van der Waals surface area (Å²) in [7, 11) is 0. The highest BCUT2D eigenvalue weighted by molar-refractivity contribution is 9.10. The van der Waals surface area contributed by atoms with Crippen LogP contribution in [0, 0.1) is 10.5 Å². The zero-order chi connectivity index (χ0) is 13.1. The molecule has 0 bridgehead atoms. The maximum absolute atomic E-state index is 14.0. The van der Waals surface area contributed by atoms with Gasteiger partial charge in [-0.15, -0.1) is 0 Å². The molecule has 0 aliphatic carbocycles. The van der Waals surface area contributed by atoms with E-state index in [1.807, 2.05) is 0 Å². The summed E-state index contributed by atoms with van der Waals surface area (Å²) in [5.41, 5.74) is 1.16. The molecular formula is C13H12BrFN2S. The molecule has 18 heavy (non-hydrogen) atoms. The van der Waals surface area contributed by atoms with Gasteiger partial charge in [-0.05, 0) is 40.5 Å². The number of aromatic amines is 1. The third kappa shape index (κ3) is 2.84. The minimum Gasteiger partial charge on any atom is -0.343 e. The lowest BCUT2D eigenvalue weighted by atomic mass is 10.1. The fourth-order valence-corrected chi connectivity index (χ4v) is 2.31. The monoisotopic (exact) mass is 326 g/mol. The minimum atomic E-state index is -0.295. The molecule has 0 aliphatic rings. The summed E-state index contributed by atoms with van der Waals surface area (Å²) < 4.78 is 14.9. The second kappa shape index (κ2) is 5.71. The Morgan fingerprint density at radius 1 is 1.44 bits per heavy atom. The van der Waals surface area contributed by atoms with E-state index in [2.05, 4.69) is 32.8 Å². The Labute approximate surface area is 118 Å². The van der Waals surface area contributed by atoms with E-state index < -0.39 is 0 Å². The highest BCUT2D eigenvalue weighted by atomic mass is 79.9. The van der Waals surface area contributed by atoms with Crippen molar-refractivity contribution in [2.75, 3.05) is 0 Å². The van der Waals surface area contributed by atoms with Crippen molar-refractivity contribution in [2.24, 2.45) is 0 Å². The van der Waals surface area contributed by atoms with Crippen LogP contribution in [0.5, 0.6) is 0 Å². The van der Waals surface area contributed by atoms with E-state index in [4.69, 9.17) is 12.2 Å². The SMILES string of the molecule is CCCc1nc(=S)cc(-c2cccc(Br)c2F)[nH]1. The molecule has 2 aromatic rings. The summed E-state index contributed by atoms with van der Waals surface area (Å²) >= 11 is 8.29. The van der Waals surface area contributed by atoms with Crippen LogP contribution >= 0.6 is 28.1 Å². The Bertz CT molecular complexity index is 625. The van der Waals surface area contributed by atoms with Gasteiger partial charge in [-0.25, -0.2) is 9.37 Å². The number of hydrogen-bond acceptors (Lipinski definition) is 2. The molecule has 0 radical (unpaired) electrons. The maximum Gasteiger partial charge on any atom is 0.146 e. The van der Waals surface area contributed by atoms with E-state index in [0.717, 1.165) is 18.7 Å². The van der Waals surface area contributed by atoms with Crippen molar-refractivity contribution in [3.63, 3.8) is 0 Å². The summed E-state index contributed by atoms with van der Waals surface area (Å²) in [5.74, 6) is 0.496. The molecule has 0 fully saturated rings. The average molecular weight is 327 g/mol. The van der Waals surface area contributed by atoms with Crippen LogP contribution in [0.15, 0.2) is 28.7 Å². The predicted octanol–water partition coefficient (Wildman–Crippen LogP) is 4.66. The lowest BCUT2D eigenvalue weighted by Gasteiger charge is -2.07. The van der Waals surface area contributed by atoms with Crippen LogP contribution in [0.2, 0.25) is 0 Å². The molecule has 2 rings (SSSR count). The number of nitrogens with zero attached hydrogens (tertiary/aromatic N) is 1. The van der Waals surface area contributed by atoms with Crippen molar-refractivity contribution < 1.29 is 4.39 Å². The van der Waals surface area contributed by atoms with E-state index in [1.165, 1.54) is 0 Å². The van der Waals surface area contributed by atoms with Crippen LogP contribution in [0.3, 0.4) is 0 Å². The molecule has 1 heterocycles. The van der Waals surface area contributed by atoms with Gasteiger partial charge >= 0.3 is 0 Å². The Morgan fingerprint density at radius 2 is 2.22 bits per heavy atom. The Kier molecular flexibility index (Phi) is 4.24. The Morgan fingerprint density at radius 3 is 2.94 bits per heavy atom. The predicted molar refractivity (Wildman–Crippen MR) is 76.5 cm³/mol. The van der Waals surface area contributed by atoms with Crippen molar-refractivity contribution in [3.05, 3.63) is 45.0 Å². The van der Waals surface area contributed by atoms with Crippen LogP contribution in [0.25, 0.3) is 11.3 Å². The zero-order valence-electron chi connectivity index (χ0n) is 9.84. The molecule has 5 heteroatoms. The van der Waals surface area contributed by atoms with Crippen molar-refractivity contribution >= 4 is 28.1 Å². The molecule has 1 N–H and O–H groups in total. The zero-order valence-corrected chi connectivity index (χ0v) is 12.2. The smallest absolute Gasteiger partial charge is 0.146 e. The lowest BCUT2D eigenvalue weighted by Crippen LogP contribution is -1.98. The summed E-state index contributed by atoms with van der Waals surface area (Å²) in [5, 5.41) is 0. The fourth-order valence-electron chi connectivity index (χ4n) is 1.72. The molecule has 0 atom stereocenters. The van der Waals surface area contributed by atoms with Gasteiger partial charge in [0.2, 0.25) is 0 Å². The molecule has 0 spiro atoms. The van der Waals surface area contributed by atoms with E-state index in [1.54, 1.807) is 24.3 Å². The molecule has 0 amide bonds. The van der Waals surface area contributed by atoms with Crippen molar-refractivity contribution in [2.45, 2.75) is 19.8 Å². The first-order chi connectivity index (χ1) is 8.61. The fraction of sp³-hybridized carbons (Fsp3) is 0.231. The van der Waals surface area contributed by atoms with Gasteiger partial charge < -0.3 is 4.98 Å². The Balaban J connectivity index is 2.56. The lowest BCUT2D eigenvalue weighted by molar-refractivity contribution is 0.624. The number of nitrogens with one attached hydrogen (secondary N) is 1. The van der Waals surface area contributed by atoms with Gasteiger partial charge in [-0.2, -0.15) is 0 Å². The highest BCUT2D eigenvalue weighted by Crippen LogP contribution is 2.26. The van der Waals surface area contributed by atoms with Crippen molar-refractivity contribution in [1.29, 1.82) is 0 Å². The number of benzene rings is 1. The molecular weight excluding hydrogens is 315 g/mol. The quantitative estimate of drug-likeness (QED) is 0.831. The molecule has 2 nitrogen and oxygen atoms in total. The van der Waals surface area contributed by atoms with Crippen LogP contribution in [-0.4, -0.2) is 9.97 Å². The summed E-state index contributed by atoms with van der Waals surface area (Å²) in [4.78, 5) is 7.36. The van der Waals surface area contributed by atoms with E-state index in [-0.39, 0.29) is 5.82 Å². The van der Waals surface area contributed by atoms with Gasteiger partial charge in [-0.3, -0.25) is 0 Å². The van der Waals surface area contributed by atoms with Crippen molar-refractivity contribution in [3.8, 4) is 11.3 Å². The van der Waals surface area contributed by atoms with E-state index in [0.29, 0.717) is 20.4 Å². The highest BCUT2D eigenvalue weighted by Gasteiger charge is 2.09. The Hall–Kier alpha value is -1.07. The third-order valence-electron chi connectivity index (χ3n) is 2.52. The first kappa shape index (κ1) is 13.4. The van der Waals surface area contributed by atoms with Gasteiger partial charge in [-0.1, -0.05) is 25.2 Å². The number of H-pyrrole nitrogens is 1. The van der Waals surface area contributed by atoms with Crippen LogP contribution in [0.1, 0.15) is 19.2 Å². The molecule has 1 aromatic carbocycles. The maximum atomic E-state index is 14.0. The topological polar surface area (TPSA) is 28.7 Å². The summed E-state index contributed by atoms with van der Waals surface area (Å²) in [6.45, 7) is 2.06. The molecule has 0 saturated heterocycles. The van der Waals surface area contributed by atoms with E-state index >= 15 is 0 Å². The molecule has 94 valence electrons. The number of halogens is 2. The minimum absolute atomic E-state index is 0.295. The first-order valence-corrected chi connectivity index (χ1v) is 6.86. The van der Waals surface area contributed by atoms with Gasteiger partial charge in [0.05, 0.1) is 10.2 Å². The normalized spacial score (nSPS) is 10.6. The number of rotatable bonds is 3.